The predicted molar refractivity (Wildman–Crippen MR) is 113 cm³/mol. The summed E-state index contributed by atoms with van der Waals surface area (Å²) in [4.78, 5) is 23.1. The lowest BCUT2D eigenvalue weighted by Crippen LogP contribution is -2.46. The van der Waals surface area contributed by atoms with Gasteiger partial charge in [0.15, 0.2) is 0 Å². The zero-order chi connectivity index (χ0) is 24.2. The van der Waals surface area contributed by atoms with Gasteiger partial charge >= 0.3 is 12.2 Å². The van der Waals surface area contributed by atoms with E-state index in [2.05, 4.69) is 25.9 Å². The highest BCUT2D eigenvalue weighted by molar-refractivity contribution is 5.75. The minimum atomic E-state index is -4.80. The zero-order valence-corrected chi connectivity index (χ0v) is 18.2. The number of aliphatic hydroxyl groups excluding tert-OH is 1. The summed E-state index contributed by atoms with van der Waals surface area (Å²) in [5.74, 6) is -1.05. The van der Waals surface area contributed by atoms with E-state index in [9.17, 15) is 27.5 Å². The van der Waals surface area contributed by atoms with Crippen LogP contribution in [0.4, 0.5) is 28.3 Å². The summed E-state index contributed by atoms with van der Waals surface area (Å²) in [6.45, 7) is 2.48. The molecule has 0 saturated carbocycles. The van der Waals surface area contributed by atoms with Crippen molar-refractivity contribution in [2.75, 3.05) is 32.1 Å². The molecule has 2 atom stereocenters. The molecule has 2 amide bonds. The summed E-state index contributed by atoms with van der Waals surface area (Å²) in [7, 11) is 1.62. The molecule has 0 unspecified atom stereocenters. The fraction of sp³-hybridized carbons (Fsp3) is 0.476. The van der Waals surface area contributed by atoms with Crippen molar-refractivity contribution in [3.05, 3.63) is 52.6 Å². The van der Waals surface area contributed by atoms with E-state index >= 15 is 0 Å². The molecule has 0 saturated heterocycles. The number of nitrogens with zero attached hydrogens (tertiary/aromatic N) is 3. The fourth-order valence-electron chi connectivity index (χ4n) is 3.49. The second-order valence-electron chi connectivity index (χ2n) is 7.86. The number of nitrogens with one attached hydrogen (secondary N) is 3. The van der Waals surface area contributed by atoms with Gasteiger partial charge in [-0.25, -0.2) is 19.2 Å². The normalized spacial score (nSPS) is 15.5. The van der Waals surface area contributed by atoms with E-state index < -0.39 is 29.6 Å². The van der Waals surface area contributed by atoms with Crippen LogP contribution >= 0.6 is 0 Å². The molecule has 0 radical (unpaired) electrons. The van der Waals surface area contributed by atoms with Crippen LogP contribution < -0.4 is 16.0 Å². The highest BCUT2D eigenvalue weighted by atomic mass is 19.4. The first kappa shape index (κ1) is 24.6. The number of amides is 2. The Morgan fingerprint density at radius 3 is 2.73 bits per heavy atom. The maximum absolute atomic E-state index is 14.1. The second kappa shape index (κ2) is 10.3. The topological polar surface area (TPSA) is 102 Å². The monoisotopic (exact) mass is 470 g/mol. The number of halogens is 4. The van der Waals surface area contributed by atoms with Crippen molar-refractivity contribution >= 4 is 12.0 Å². The average Bonchev–Trinajstić information content (AvgIpc) is 2.77. The van der Waals surface area contributed by atoms with Gasteiger partial charge in [-0.3, -0.25) is 0 Å². The van der Waals surface area contributed by atoms with E-state index in [0.717, 1.165) is 17.7 Å². The average molecular weight is 470 g/mol. The standard InChI is InChI=1S/C21H26F4N6O2/c1-12(11-32)28-19-27-8-14-5-6-31(10-18(14)29-19)20(33)30-17(9-26-2)13-3-4-15(16(22)7-13)21(23,24)25/h3-4,7-8,12,17,26,32H,5-6,9-11H2,1-2H3,(H,30,33)(H,27,28,29)/t12-,17+/m0/s1. The third-order valence-corrected chi connectivity index (χ3v) is 5.29. The first-order valence-electron chi connectivity index (χ1n) is 10.4. The van der Waals surface area contributed by atoms with Gasteiger partial charge in [-0.05, 0) is 43.7 Å². The molecule has 33 heavy (non-hydrogen) atoms. The Morgan fingerprint density at radius 1 is 1.33 bits per heavy atom. The summed E-state index contributed by atoms with van der Waals surface area (Å²) in [6, 6.07) is 1.21. The lowest BCUT2D eigenvalue weighted by atomic mass is 10.0. The third-order valence-electron chi connectivity index (χ3n) is 5.29. The quantitative estimate of drug-likeness (QED) is 0.464. The highest BCUT2D eigenvalue weighted by Crippen LogP contribution is 2.32. The van der Waals surface area contributed by atoms with Crippen LogP contribution in [0.15, 0.2) is 24.4 Å². The van der Waals surface area contributed by atoms with Gasteiger partial charge in [-0.1, -0.05) is 6.07 Å². The Hall–Kier alpha value is -2.99. The predicted octanol–water partition coefficient (Wildman–Crippen LogP) is 2.46. The molecule has 1 aromatic carbocycles. The van der Waals surface area contributed by atoms with E-state index in [1.54, 1.807) is 20.2 Å². The summed E-state index contributed by atoms with van der Waals surface area (Å²) in [6.07, 6.45) is -2.58. The molecule has 0 aliphatic carbocycles. The molecule has 1 aliphatic heterocycles. The van der Waals surface area contributed by atoms with Gasteiger partial charge in [-0.15, -0.1) is 0 Å². The molecule has 0 spiro atoms. The lowest BCUT2D eigenvalue weighted by molar-refractivity contribution is -0.140. The molecule has 2 aromatic rings. The second-order valence-corrected chi connectivity index (χ2v) is 7.86. The Balaban J connectivity index is 1.73. The van der Waals surface area contributed by atoms with Crippen LogP contribution in [-0.2, 0) is 19.1 Å². The number of rotatable bonds is 7. The van der Waals surface area contributed by atoms with Crippen LogP contribution in [-0.4, -0.2) is 58.8 Å². The number of aliphatic hydroxyl groups is 1. The number of urea groups is 1. The molecular weight excluding hydrogens is 444 g/mol. The number of benzene rings is 1. The number of aromatic nitrogens is 2. The van der Waals surface area contributed by atoms with Gasteiger partial charge in [-0.2, -0.15) is 13.2 Å². The number of fused-ring (bicyclic) bond motifs is 1. The van der Waals surface area contributed by atoms with E-state index in [-0.39, 0.29) is 31.3 Å². The number of alkyl halides is 3. The largest absolute Gasteiger partial charge is 0.419 e. The van der Waals surface area contributed by atoms with Crippen LogP contribution in [0.3, 0.4) is 0 Å². The summed E-state index contributed by atoms with van der Waals surface area (Å²) >= 11 is 0. The van der Waals surface area contributed by atoms with Crippen molar-refractivity contribution in [3.8, 4) is 0 Å². The van der Waals surface area contributed by atoms with E-state index in [1.807, 2.05) is 0 Å². The maximum Gasteiger partial charge on any atom is 0.419 e. The van der Waals surface area contributed by atoms with Crippen LogP contribution in [0.5, 0.6) is 0 Å². The molecule has 12 heteroatoms. The maximum atomic E-state index is 14.1. The molecule has 180 valence electrons. The molecule has 8 nitrogen and oxygen atoms in total. The van der Waals surface area contributed by atoms with Crippen LogP contribution in [0.25, 0.3) is 0 Å². The smallest absolute Gasteiger partial charge is 0.394 e. The number of carbonyl (C=O) groups is 1. The molecule has 4 N–H and O–H groups in total. The zero-order valence-electron chi connectivity index (χ0n) is 18.2. The first-order chi connectivity index (χ1) is 15.6. The van der Waals surface area contributed by atoms with Gasteiger partial charge in [0.1, 0.15) is 5.82 Å². The summed E-state index contributed by atoms with van der Waals surface area (Å²) < 4.78 is 52.7. The minimum absolute atomic E-state index is 0.0909. The molecule has 1 aromatic heterocycles. The lowest BCUT2D eigenvalue weighted by Gasteiger charge is -2.30. The van der Waals surface area contributed by atoms with Crippen molar-refractivity contribution in [1.29, 1.82) is 0 Å². The van der Waals surface area contributed by atoms with Gasteiger partial charge in [0, 0.05) is 25.3 Å². The molecule has 1 aliphatic rings. The van der Waals surface area contributed by atoms with Gasteiger partial charge in [0.05, 0.1) is 30.5 Å². The van der Waals surface area contributed by atoms with Crippen LogP contribution in [0, 0.1) is 5.82 Å². The molecule has 0 fully saturated rings. The molecule has 3 rings (SSSR count). The van der Waals surface area contributed by atoms with Gasteiger partial charge in [0.25, 0.3) is 0 Å². The van der Waals surface area contributed by atoms with Crippen LogP contribution in [0.2, 0.25) is 0 Å². The SMILES string of the molecule is CNC[C@@H](NC(=O)N1CCc2cnc(N[C@@H](C)CO)nc2C1)c1ccc(C(F)(F)F)c(F)c1. The van der Waals surface area contributed by atoms with E-state index in [4.69, 9.17) is 0 Å². The third kappa shape index (κ3) is 6.08. The molecular formula is C21H26F4N6O2. The Kier molecular flexibility index (Phi) is 7.69. The number of anilines is 1. The fourth-order valence-corrected chi connectivity index (χ4v) is 3.49. The Bertz CT molecular complexity index is 988. The van der Waals surface area contributed by atoms with E-state index in [1.165, 1.54) is 4.90 Å². The van der Waals surface area contributed by atoms with Gasteiger partial charge < -0.3 is 26.0 Å². The van der Waals surface area contributed by atoms with Crippen LogP contribution in [0.1, 0.15) is 35.3 Å². The Morgan fingerprint density at radius 2 is 2.09 bits per heavy atom. The molecule has 0 bridgehead atoms. The van der Waals surface area contributed by atoms with Crippen molar-refractivity contribution in [3.63, 3.8) is 0 Å². The number of carbonyl (C=O) groups excluding carboxylic acids is 1. The van der Waals surface area contributed by atoms with Gasteiger partial charge in [0.2, 0.25) is 5.95 Å². The number of hydrogen-bond acceptors (Lipinski definition) is 6. The Labute approximate surface area is 188 Å². The summed E-state index contributed by atoms with van der Waals surface area (Å²) in [5.41, 5.74) is 0.420. The van der Waals surface area contributed by atoms with Crippen molar-refractivity contribution in [1.82, 2.24) is 25.5 Å². The first-order valence-corrected chi connectivity index (χ1v) is 10.4. The molecule has 2 heterocycles. The van der Waals surface area contributed by atoms with E-state index in [0.29, 0.717) is 30.7 Å². The number of likely N-dealkylation sites (N-methyl/N-ethyl adjacent to an activating group) is 1. The number of hydrogen-bond donors (Lipinski definition) is 4. The summed E-state index contributed by atoms with van der Waals surface area (Å²) in [5, 5.41) is 17.8. The highest BCUT2D eigenvalue weighted by Gasteiger charge is 2.34. The minimum Gasteiger partial charge on any atom is -0.394 e. The van der Waals surface area contributed by atoms with Crippen molar-refractivity contribution in [2.24, 2.45) is 0 Å². The van der Waals surface area contributed by atoms with Crippen molar-refractivity contribution < 1.29 is 27.5 Å². The van der Waals surface area contributed by atoms with Crippen molar-refractivity contribution in [2.45, 2.75) is 38.1 Å².